The van der Waals surface area contributed by atoms with E-state index < -0.39 is 11.9 Å². The van der Waals surface area contributed by atoms with Gasteiger partial charge in [0.1, 0.15) is 0 Å². The van der Waals surface area contributed by atoms with Crippen molar-refractivity contribution in [1.82, 2.24) is 0 Å². The van der Waals surface area contributed by atoms with Crippen molar-refractivity contribution >= 4 is 17.6 Å². The summed E-state index contributed by atoms with van der Waals surface area (Å²) in [4.78, 5) is 23.9. The van der Waals surface area contributed by atoms with Crippen LogP contribution in [-0.4, -0.2) is 35.7 Å². The molecule has 6 nitrogen and oxygen atoms in total. The molecule has 2 rings (SSSR count). The largest absolute Gasteiger partial charge is 0.504 e. The first-order chi connectivity index (χ1) is 8.52. The molecule has 1 fully saturated rings. The van der Waals surface area contributed by atoms with Crippen molar-refractivity contribution in [3.05, 3.63) is 18.2 Å². The molecule has 0 saturated carbocycles. The number of benzene rings is 1. The van der Waals surface area contributed by atoms with Gasteiger partial charge in [0.05, 0.1) is 13.0 Å². The Morgan fingerprint density at radius 2 is 2.22 bits per heavy atom. The minimum absolute atomic E-state index is 0.0118. The van der Waals surface area contributed by atoms with E-state index in [9.17, 15) is 14.7 Å². The minimum atomic E-state index is -0.983. The summed E-state index contributed by atoms with van der Waals surface area (Å²) in [5.74, 6) is -1.71. The average Bonchev–Trinajstić information content (AvgIpc) is 2.71. The first-order valence-corrected chi connectivity index (χ1v) is 5.43. The number of phenolic OH excluding ortho intramolecular Hbond substituents is 1. The molecule has 96 valence electrons. The molecular weight excluding hydrogens is 238 g/mol. The van der Waals surface area contributed by atoms with E-state index in [2.05, 4.69) is 0 Å². The summed E-state index contributed by atoms with van der Waals surface area (Å²) < 4.78 is 4.90. The normalized spacial score (nSPS) is 19.1. The molecular formula is C12H13NO5. The fourth-order valence-corrected chi connectivity index (χ4v) is 1.97. The maximum absolute atomic E-state index is 11.7. The van der Waals surface area contributed by atoms with E-state index in [4.69, 9.17) is 9.84 Å². The van der Waals surface area contributed by atoms with E-state index in [0.29, 0.717) is 11.4 Å². The number of methoxy groups -OCH3 is 1. The zero-order chi connectivity index (χ0) is 13.3. The number of carbonyl (C=O) groups is 2. The number of phenols is 1. The minimum Gasteiger partial charge on any atom is -0.504 e. The lowest BCUT2D eigenvalue weighted by Crippen LogP contribution is -2.25. The molecule has 1 aromatic rings. The molecule has 1 heterocycles. The van der Waals surface area contributed by atoms with Crippen molar-refractivity contribution in [3.8, 4) is 11.5 Å². The number of aromatic hydroxyl groups is 1. The SMILES string of the molecule is COc1ccc(N2CC(C(=O)O)CC2=O)cc1O. The highest BCUT2D eigenvalue weighted by molar-refractivity contribution is 5.99. The first kappa shape index (κ1) is 12.2. The van der Waals surface area contributed by atoms with Crippen molar-refractivity contribution in [2.75, 3.05) is 18.6 Å². The second-order valence-electron chi connectivity index (χ2n) is 4.10. The highest BCUT2D eigenvalue weighted by Crippen LogP contribution is 2.33. The molecule has 1 aromatic carbocycles. The van der Waals surface area contributed by atoms with E-state index in [1.807, 2.05) is 0 Å². The van der Waals surface area contributed by atoms with Gasteiger partial charge in [-0.1, -0.05) is 0 Å². The number of rotatable bonds is 3. The van der Waals surface area contributed by atoms with Crippen molar-refractivity contribution in [1.29, 1.82) is 0 Å². The average molecular weight is 251 g/mol. The number of anilines is 1. The molecule has 1 amide bonds. The fraction of sp³-hybridized carbons (Fsp3) is 0.333. The smallest absolute Gasteiger partial charge is 0.308 e. The van der Waals surface area contributed by atoms with Gasteiger partial charge in [-0.15, -0.1) is 0 Å². The predicted octanol–water partition coefficient (Wildman–Crippen LogP) is 0.838. The Bertz CT molecular complexity index is 499. The Labute approximate surface area is 103 Å². The van der Waals surface area contributed by atoms with Gasteiger partial charge in [0, 0.05) is 24.7 Å². The molecule has 1 atom stereocenters. The molecule has 18 heavy (non-hydrogen) atoms. The lowest BCUT2D eigenvalue weighted by molar-refractivity contribution is -0.141. The van der Waals surface area contributed by atoms with Gasteiger partial charge in [0.15, 0.2) is 11.5 Å². The predicted molar refractivity (Wildman–Crippen MR) is 62.8 cm³/mol. The Kier molecular flexibility index (Phi) is 3.10. The molecule has 1 saturated heterocycles. The van der Waals surface area contributed by atoms with Crippen LogP contribution in [0.2, 0.25) is 0 Å². The zero-order valence-corrected chi connectivity index (χ0v) is 9.79. The van der Waals surface area contributed by atoms with Crippen LogP contribution in [0, 0.1) is 5.92 Å². The number of nitrogens with zero attached hydrogens (tertiary/aromatic N) is 1. The van der Waals surface area contributed by atoms with Crippen molar-refractivity contribution in [2.45, 2.75) is 6.42 Å². The molecule has 1 unspecified atom stereocenters. The lowest BCUT2D eigenvalue weighted by atomic mass is 10.1. The summed E-state index contributed by atoms with van der Waals surface area (Å²) in [7, 11) is 1.43. The Morgan fingerprint density at radius 3 is 2.72 bits per heavy atom. The molecule has 0 bridgehead atoms. The first-order valence-electron chi connectivity index (χ1n) is 5.43. The summed E-state index contributed by atoms with van der Waals surface area (Å²) in [6.45, 7) is 0.125. The molecule has 0 aliphatic carbocycles. The topological polar surface area (TPSA) is 87.1 Å². The number of carboxylic acids is 1. The van der Waals surface area contributed by atoms with Gasteiger partial charge in [-0.2, -0.15) is 0 Å². The molecule has 1 aliphatic rings. The highest BCUT2D eigenvalue weighted by atomic mass is 16.5. The molecule has 0 radical (unpaired) electrons. The number of hydrogen-bond acceptors (Lipinski definition) is 4. The molecule has 0 aromatic heterocycles. The maximum Gasteiger partial charge on any atom is 0.308 e. The number of aliphatic carboxylic acids is 1. The van der Waals surface area contributed by atoms with Crippen LogP contribution in [0.5, 0.6) is 11.5 Å². The van der Waals surface area contributed by atoms with Gasteiger partial charge in [-0.3, -0.25) is 9.59 Å². The van der Waals surface area contributed by atoms with Crippen LogP contribution in [0.1, 0.15) is 6.42 Å². The van der Waals surface area contributed by atoms with Crippen LogP contribution in [0.15, 0.2) is 18.2 Å². The van der Waals surface area contributed by atoms with E-state index in [1.54, 1.807) is 6.07 Å². The van der Waals surface area contributed by atoms with Crippen LogP contribution >= 0.6 is 0 Å². The number of carbonyl (C=O) groups excluding carboxylic acids is 1. The van der Waals surface area contributed by atoms with Gasteiger partial charge in [-0.25, -0.2) is 0 Å². The summed E-state index contributed by atoms with van der Waals surface area (Å²) in [5, 5.41) is 18.5. The lowest BCUT2D eigenvalue weighted by Gasteiger charge is -2.17. The molecule has 2 N–H and O–H groups in total. The summed E-state index contributed by atoms with van der Waals surface area (Å²) in [6, 6.07) is 4.54. The van der Waals surface area contributed by atoms with E-state index >= 15 is 0 Å². The zero-order valence-electron chi connectivity index (χ0n) is 9.79. The van der Waals surface area contributed by atoms with Crippen LogP contribution in [0.4, 0.5) is 5.69 Å². The van der Waals surface area contributed by atoms with Gasteiger partial charge in [-0.05, 0) is 12.1 Å². The van der Waals surface area contributed by atoms with Gasteiger partial charge in [0.25, 0.3) is 0 Å². The molecule has 0 spiro atoms. The number of ether oxygens (including phenoxy) is 1. The second-order valence-corrected chi connectivity index (χ2v) is 4.10. The summed E-state index contributed by atoms with van der Waals surface area (Å²) in [6.07, 6.45) is -0.0118. The van der Waals surface area contributed by atoms with Crippen LogP contribution in [0.25, 0.3) is 0 Å². The monoisotopic (exact) mass is 251 g/mol. The number of carboxylic acid groups (broad SMARTS) is 1. The van der Waals surface area contributed by atoms with Crippen molar-refractivity contribution in [2.24, 2.45) is 5.92 Å². The van der Waals surface area contributed by atoms with Crippen molar-refractivity contribution < 1.29 is 24.5 Å². The van der Waals surface area contributed by atoms with Gasteiger partial charge >= 0.3 is 5.97 Å². The third-order valence-corrected chi connectivity index (χ3v) is 2.95. The number of amides is 1. The van der Waals surface area contributed by atoms with Crippen LogP contribution < -0.4 is 9.64 Å². The third-order valence-electron chi connectivity index (χ3n) is 2.95. The van der Waals surface area contributed by atoms with Crippen molar-refractivity contribution in [3.63, 3.8) is 0 Å². The highest BCUT2D eigenvalue weighted by Gasteiger charge is 2.35. The van der Waals surface area contributed by atoms with Gasteiger partial charge < -0.3 is 19.8 Å². The van der Waals surface area contributed by atoms with E-state index in [-0.39, 0.29) is 24.6 Å². The Balaban J connectivity index is 2.24. The standard InChI is InChI=1S/C12H13NO5/c1-18-10-3-2-8(5-9(10)14)13-6-7(12(16)17)4-11(13)15/h2-3,5,7,14H,4,6H2,1H3,(H,16,17). The second kappa shape index (κ2) is 4.56. The van der Waals surface area contributed by atoms with E-state index in [0.717, 1.165) is 0 Å². The summed E-state index contributed by atoms with van der Waals surface area (Å²) in [5.41, 5.74) is 0.474. The van der Waals surface area contributed by atoms with E-state index in [1.165, 1.54) is 24.1 Å². The quantitative estimate of drug-likeness (QED) is 0.831. The maximum atomic E-state index is 11.7. The van der Waals surface area contributed by atoms with Crippen LogP contribution in [0.3, 0.4) is 0 Å². The van der Waals surface area contributed by atoms with Gasteiger partial charge in [0.2, 0.25) is 5.91 Å². The fourth-order valence-electron chi connectivity index (χ4n) is 1.97. The number of hydrogen-bond donors (Lipinski definition) is 2. The molecule has 1 aliphatic heterocycles. The Morgan fingerprint density at radius 1 is 1.50 bits per heavy atom. The Hall–Kier alpha value is -2.24. The molecule has 6 heteroatoms. The summed E-state index contributed by atoms with van der Waals surface area (Å²) >= 11 is 0. The van der Waals surface area contributed by atoms with Crippen LogP contribution in [-0.2, 0) is 9.59 Å². The third kappa shape index (κ3) is 2.09.